The van der Waals surface area contributed by atoms with Gasteiger partial charge in [-0.05, 0) is 58.9 Å². The number of benzene rings is 1. The van der Waals surface area contributed by atoms with Gasteiger partial charge in [0.1, 0.15) is 11.8 Å². The first-order valence-electron chi connectivity index (χ1n) is 7.23. The molecule has 142 valence electrons. The van der Waals surface area contributed by atoms with E-state index >= 15 is 0 Å². The van der Waals surface area contributed by atoms with Crippen LogP contribution in [0.2, 0.25) is 0 Å². The number of pyridine rings is 1. The number of ether oxygens (including phenoxy) is 2. The third-order valence-electron chi connectivity index (χ3n) is 3.59. The average molecular weight is 505 g/mol. The summed E-state index contributed by atoms with van der Waals surface area (Å²) in [5.74, 6) is 0.593. The first kappa shape index (κ1) is 23.8. The van der Waals surface area contributed by atoms with Crippen LogP contribution in [0.5, 0.6) is 5.75 Å². The molecule has 1 atom stereocenters. The zero-order valence-corrected chi connectivity index (χ0v) is 17.5. The Bertz CT molecular complexity index is 745. The Hall–Kier alpha value is -1.20. The fourth-order valence-electron chi connectivity index (χ4n) is 2.37. The number of fused-ring (bicyclic) bond motifs is 1. The zero-order valence-electron chi connectivity index (χ0n) is 14.3. The summed E-state index contributed by atoms with van der Waals surface area (Å²) >= 11 is 3.33. The van der Waals surface area contributed by atoms with E-state index in [1.807, 2.05) is 12.1 Å². The summed E-state index contributed by atoms with van der Waals surface area (Å²) in [4.78, 5) is 24.8. The molecule has 3 rings (SSSR count). The fraction of sp³-hybridized carbons (Fsp3) is 0.353. The van der Waals surface area contributed by atoms with Gasteiger partial charge in [0, 0.05) is 32.0 Å². The maximum Gasteiger partial charge on any atom is 0.322 e. The van der Waals surface area contributed by atoms with E-state index in [4.69, 9.17) is 4.74 Å². The number of aromatic nitrogens is 1. The minimum atomic E-state index is -0.132. The number of rotatable bonds is 2. The standard InChI is InChI=1S/C10H8BrNO2.C6H11NO2.CH3.Pd/c1-14-9-4-6-2-3-12-10(13)7(6)5-8(9)11;1-9-6(8)5-3-2-4-7-5;;/h2-5H,1H3,(H,12,13);5,7H,2-4H2,1H3;1H3;/q;;-1;. The molecular weight excluding hydrogens is 483 g/mol. The first-order valence-corrected chi connectivity index (χ1v) is 8.02. The van der Waals surface area contributed by atoms with Gasteiger partial charge in [-0.3, -0.25) is 9.59 Å². The SMILES string of the molecule is COC(=O)C1CCCN1.COc1cc2cc[nH]c(=O)c2cc1Br.[CH3-].[Pd]. The Morgan fingerprint density at radius 1 is 1.32 bits per heavy atom. The fourth-order valence-corrected chi connectivity index (χ4v) is 2.88. The number of methoxy groups -OCH3 is 2. The smallest absolute Gasteiger partial charge is 0.322 e. The summed E-state index contributed by atoms with van der Waals surface area (Å²) in [5.41, 5.74) is -0.0918. The summed E-state index contributed by atoms with van der Waals surface area (Å²) in [6.07, 6.45) is 3.63. The Balaban J connectivity index is 0.000000462. The average Bonchev–Trinajstić information content (AvgIpc) is 3.09. The number of H-pyrrole nitrogens is 1. The molecule has 0 aliphatic carbocycles. The topological polar surface area (TPSA) is 80.4 Å². The molecule has 1 aromatic carbocycles. The van der Waals surface area contributed by atoms with Crippen molar-refractivity contribution in [1.29, 1.82) is 0 Å². The van der Waals surface area contributed by atoms with Crippen molar-refractivity contribution in [1.82, 2.24) is 10.3 Å². The monoisotopic (exact) mass is 503 g/mol. The van der Waals surface area contributed by atoms with Crippen molar-refractivity contribution in [3.8, 4) is 5.75 Å². The molecule has 1 aliphatic heterocycles. The van der Waals surface area contributed by atoms with Crippen molar-refractivity contribution in [2.45, 2.75) is 18.9 Å². The molecule has 0 spiro atoms. The zero-order chi connectivity index (χ0) is 16.8. The maximum atomic E-state index is 11.4. The number of carbonyl (C=O) groups excluding carboxylic acids is 1. The predicted octanol–water partition coefficient (Wildman–Crippen LogP) is 2.66. The summed E-state index contributed by atoms with van der Waals surface area (Å²) in [5, 5.41) is 4.55. The van der Waals surface area contributed by atoms with E-state index < -0.39 is 0 Å². The predicted molar refractivity (Wildman–Crippen MR) is 98.3 cm³/mol. The largest absolute Gasteiger partial charge is 0.496 e. The van der Waals surface area contributed by atoms with Crippen LogP contribution in [0.3, 0.4) is 0 Å². The normalized spacial score (nSPS) is 15.2. The van der Waals surface area contributed by atoms with Crippen molar-refractivity contribution in [3.05, 3.63) is 46.6 Å². The molecule has 2 heterocycles. The molecule has 0 amide bonds. The molecule has 1 saturated heterocycles. The molecule has 25 heavy (non-hydrogen) atoms. The minimum absolute atomic E-state index is 0. The van der Waals surface area contributed by atoms with Crippen LogP contribution in [0.25, 0.3) is 10.8 Å². The number of aromatic amines is 1. The van der Waals surface area contributed by atoms with Gasteiger partial charge in [0.15, 0.2) is 0 Å². The third kappa shape index (κ3) is 6.23. The van der Waals surface area contributed by atoms with E-state index in [1.54, 1.807) is 19.4 Å². The van der Waals surface area contributed by atoms with Crippen molar-refractivity contribution in [2.75, 3.05) is 20.8 Å². The number of esters is 1. The van der Waals surface area contributed by atoms with Gasteiger partial charge >= 0.3 is 5.97 Å². The van der Waals surface area contributed by atoms with E-state index in [2.05, 4.69) is 31.0 Å². The van der Waals surface area contributed by atoms with E-state index in [-0.39, 0.29) is 45.4 Å². The van der Waals surface area contributed by atoms with Crippen LogP contribution in [0.4, 0.5) is 0 Å². The Labute approximate surface area is 169 Å². The van der Waals surface area contributed by atoms with E-state index in [9.17, 15) is 9.59 Å². The van der Waals surface area contributed by atoms with Gasteiger partial charge in [0.05, 0.1) is 18.7 Å². The number of hydrogen-bond donors (Lipinski definition) is 2. The molecule has 1 fully saturated rings. The third-order valence-corrected chi connectivity index (χ3v) is 4.21. The number of nitrogens with one attached hydrogen (secondary N) is 2. The molecule has 0 bridgehead atoms. The van der Waals surface area contributed by atoms with E-state index in [0.29, 0.717) is 5.39 Å². The van der Waals surface area contributed by atoms with Gasteiger partial charge < -0.3 is 27.2 Å². The van der Waals surface area contributed by atoms with Gasteiger partial charge in [-0.25, -0.2) is 0 Å². The summed E-state index contributed by atoms with van der Waals surface area (Å²) in [6, 6.07) is 5.39. The minimum Gasteiger partial charge on any atom is -0.496 e. The Morgan fingerprint density at radius 3 is 2.60 bits per heavy atom. The molecule has 1 aliphatic rings. The van der Waals surface area contributed by atoms with Crippen molar-refractivity contribution >= 4 is 32.7 Å². The van der Waals surface area contributed by atoms with Gasteiger partial charge in [0.25, 0.3) is 5.56 Å². The quantitative estimate of drug-likeness (QED) is 0.373. The molecular formula is C17H22BrN2O4Pd-. The Morgan fingerprint density at radius 2 is 2.04 bits per heavy atom. The number of carbonyl (C=O) groups is 1. The number of hydrogen-bond acceptors (Lipinski definition) is 5. The summed E-state index contributed by atoms with van der Waals surface area (Å²) < 4.78 is 10.4. The van der Waals surface area contributed by atoms with E-state index in [0.717, 1.165) is 35.0 Å². The Kier molecular flexibility index (Phi) is 10.9. The molecule has 6 nitrogen and oxygen atoms in total. The molecule has 2 N–H and O–H groups in total. The summed E-state index contributed by atoms with van der Waals surface area (Å²) in [6.45, 7) is 0.944. The number of halogens is 1. The molecule has 2 aromatic rings. The van der Waals surface area contributed by atoms with Crippen LogP contribution in [-0.2, 0) is 30.0 Å². The van der Waals surface area contributed by atoms with Crippen molar-refractivity contribution in [3.63, 3.8) is 0 Å². The van der Waals surface area contributed by atoms with Crippen LogP contribution in [-0.4, -0.2) is 37.8 Å². The molecule has 1 unspecified atom stereocenters. The second-order valence-corrected chi connectivity index (χ2v) is 5.91. The van der Waals surface area contributed by atoms with Crippen LogP contribution in [0.1, 0.15) is 12.8 Å². The van der Waals surface area contributed by atoms with Crippen molar-refractivity contribution in [2.24, 2.45) is 0 Å². The molecule has 0 radical (unpaired) electrons. The van der Waals surface area contributed by atoms with Crippen molar-refractivity contribution < 1.29 is 34.7 Å². The van der Waals surface area contributed by atoms with Crippen LogP contribution < -0.4 is 15.6 Å². The second kappa shape index (κ2) is 11.4. The first-order chi connectivity index (χ1) is 11.1. The van der Waals surface area contributed by atoms with Gasteiger partial charge in [-0.15, -0.1) is 0 Å². The van der Waals surface area contributed by atoms with Gasteiger partial charge in [-0.2, -0.15) is 0 Å². The van der Waals surface area contributed by atoms with E-state index in [1.165, 1.54) is 7.11 Å². The van der Waals surface area contributed by atoms with Gasteiger partial charge in [-0.1, -0.05) is 0 Å². The molecule has 0 saturated carbocycles. The maximum absolute atomic E-state index is 11.4. The van der Waals surface area contributed by atoms with Crippen LogP contribution in [0.15, 0.2) is 33.7 Å². The summed E-state index contributed by atoms with van der Waals surface area (Å²) in [7, 11) is 3.02. The molecule has 8 heteroatoms. The second-order valence-electron chi connectivity index (χ2n) is 5.05. The van der Waals surface area contributed by atoms with Crippen LogP contribution >= 0.6 is 15.9 Å². The van der Waals surface area contributed by atoms with Crippen LogP contribution in [0, 0.1) is 7.43 Å². The van der Waals surface area contributed by atoms with Gasteiger partial charge in [0.2, 0.25) is 0 Å². The molecule has 1 aromatic heterocycles.